The van der Waals surface area contributed by atoms with Crippen LogP contribution in [0.5, 0.6) is 0 Å². The van der Waals surface area contributed by atoms with E-state index in [4.69, 9.17) is 0 Å². The molecule has 0 fully saturated rings. The molecule has 0 spiro atoms. The second-order valence-electron chi connectivity index (χ2n) is 5.44. The van der Waals surface area contributed by atoms with Gasteiger partial charge in [-0.3, -0.25) is 0 Å². The number of hydrogen-bond donors (Lipinski definition) is 1. The summed E-state index contributed by atoms with van der Waals surface area (Å²) in [5.41, 5.74) is 2.59. The van der Waals surface area contributed by atoms with E-state index < -0.39 is 0 Å². The average Bonchev–Trinajstić information content (AvgIpc) is 2.47. The van der Waals surface area contributed by atoms with E-state index in [-0.39, 0.29) is 0 Å². The third-order valence-electron chi connectivity index (χ3n) is 3.35. The maximum absolute atomic E-state index is 3.73. The van der Waals surface area contributed by atoms with Crippen molar-refractivity contribution < 1.29 is 0 Å². The normalized spacial score (nSPS) is 12.4. The minimum atomic E-state index is 0.365. The zero-order chi connectivity index (χ0) is 14.4. The summed E-state index contributed by atoms with van der Waals surface area (Å²) in [6.45, 7) is 4.55. The molecular formula is C18H23NS. The van der Waals surface area contributed by atoms with Crippen LogP contribution in [0.15, 0.2) is 59.5 Å². The molecule has 0 saturated carbocycles. The van der Waals surface area contributed by atoms with Gasteiger partial charge in [0.25, 0.3) is 0 Å². The van der Waals surface area contributed by atoms with Crippen molar-refractivity contribution in [1.29, 1.82) is 0 Å². The van der Waals surface area contributed by atoms with Crippen molar-refractivity contribution >= 4 is 17.4 Å². The predicted molar refractivity (Wildman–Crippen MR) is 90.5 cm³/mol. The van der Waals surface area contributed by atoms with E-state index >= 15 is 0 Å². The summed E-state index contributed by atoms with van der Waals surface area (Å²) in [7, 11) is 0. The van der Waals surface area contributed by atoms with Crippen molar-refractivity contribution in [2.45, 2.75) is 31.2 Å². The van der Waals surface area contributed by atoms with E-state index in [2.05, 4.69) is 80.0 Å². The monoisotopic (exact) mass is 285 g/mol. The standard InChI is InChI=1S/C18H23NS/c1-14(2)13-17(15-9-5-4-6-10-15)19-16-11-7-8-12-18(16)20-3/h4-12,14,17,19H,13H2,1-3H3. The topological polar surface area (TPSA) is 12.0 Å². The molecule has 0 aliphatic rings. The quantitative estimate of drug-likeness (QED) is 0.692. The van der Waals surface area contributed by atoms with E-state index in [1.807, 2.05) is 0 Å². The molecule has 1 unspecified atom stereocenters. The van der Waals surface area contributed by atoms with Crippen molar-refractivity contribution in [3.05, 3.63) is 60.2 Å². The summed E-state index contributed by atoms with van der Waals surface area (Å²) in [4.78, 5) is 1.30. The van der Waals surface area contributed by atoms with Gasteiger partial charge < -0.3 is 5.32 Å². The molecule has 20 heavy (non-hydrogen) atoms. The van der Waals surface area contributed by atoms with Crippen LogP contribution < -0.4 is 5.32 Å². The fourth-order valence-corrected chi connectivity index (χ4v) is 2.95. The third kappa shape index (κ3) is 4.04. The molecule has 106 valence electrons. The second kappa shape index (κ2) is 7.39. The molecule has 0 aliphatic heterocycles. The fourth-order valence-electron chi connectivity index (χ4n) is 2.39. The smallest absolute Gasteiger partial charge is 0.0516 e. The molecule has 1 atom stereocenters. The predicted octanol–water partition coefficient (Wildman–Crippen LogP) is 5.61. The van der Waals surface area contributed by atoms with E-state index in [0.29, 0.717) is 12.0 Å². The summed E-state index contributed by atoms with van der Waals surface area (Å²) >= 11 is 1.79. The molecule has 0 bridgehead atoms. The van der Waals surface area contributed by atoms with Gasteiger partial charge in [-0.15, -0.1) is 11.8 Å². The number of anilines is 1. The molecule has 0 heterocycles. The summed E-state index contributed by atoms with van der Waals surface area (Å²) in [6.07, 6.45) is 3.26. The van der Waals surface area contributed by atoms with Gasteiger partial charge in [0.1, 0.15) is 0 Å². The van der Waals surface area contributed by atoms with Gasteiger partial charge in [0.15, 0.2) is 0 Å². The first-order valence-electron chi connectivity index (χ1n) is 7.15. The number of thioether (sulfide) groups is 1. The highest BCUT2D eigenvalue weighted by atomic mass is 32.2. The third-order valence-corrected chi connectivity index (χ3v) is 4.14. The van der Waals surface area contributed by atoms with Gasteiger partial charge in [-0.05, 0) is 36.3 Å². The first-order valence-corrected chi connectivity index (χ1v) is 8.37. The Balaban J connectivity index is 2.24. The number of rotatable bonds is 6. The van der Waals surface area contributed by atoms with Gasteiger partial charge in [-0.1, -0.05) is 56.3 Å². The lowest BCUT2D eigenvalue weighted by Crippen LogP contribution is -2.13. The summed E-state index contributed by atoms with van der Waals surface area (Å²) < 4.78 is 0. The van der Waals surface area contributed by atoms with E-state index in [0.717, 1.165) is 6.42 Å². The number of hydrogen-bond acceptors (Lipinski definition) is 2. The van der Waals surface area contributed by atoms with Crippen LogP contribution in [-0.4, -0.2) is 6.26 Å². The van der Waals surface area contributed by atoms with Crippen molar-refractivity contribution in [3.8, 4) is 0 Å². The Morgan fingerprint density at radius 2 is 1.60 bits per heavy atom. The first-order chi connectivity index (χ1) is 9.70. The minimum Gasteiger partial charge on any atom is -0.377 e. The Kier molecular flexibility index (Phi) is 5.54. The maximum Gasteiger partial charge on any atom is 0.0516 e. The Labute approximate surface area is 126 Å². The highest BCUT2D eigenvalue weighted by molar-refractivity contribution is 7.98. The van der Waals surface area contributed by atoms with Crippen LogP contribution in [-0.2, 0) is 0 Å². The van der Waals surface area contributed by atoms with Crippen LogP contribution in [0.3, 0.4) is 0 Å². The van der Waals surface area contributed by atoms with Crippen LogP contribution in [0.4, 0.5) is 5.69 Å². The molecular weight excluding hydrogens is 262 g/mol. The number of nitrogens with one attached hydrogen (secondary N) is 1. The van der Waals surface area contributed by atoms with Crippen molar-refractivity contribution in [2.24, 2.45) is 5.92 Å². The van der Waals surface area contributed by atoms with Crippen LogP contribution in [0.25, 0.3) is 0 Å². The zero-order valence-corrected chi connectivity index (χ0v) is 13.3. The van der Waals surface area contributed by atoms with Crippen LogP contribution in [0, 0.1) is 5.92 Å². The molecule has 2 heteroatoms. The van der Waals surface area contributed by atoms with Crippen LogP contribution >= 0.6 is 11.8 Å². The lowest BCUT2D eigenvalue weighted by molar-refractivity contribution is 0.530. The first kappa shape index (κ1) is 15.0. The summed E-state index contributed by atoms with van der Waals surface area (Å²) in [5.74, 6) is 0.661. The zero-order valence-electron chi connectivity index (χ0n) is 12.5. The lowest BCUT2D eigenvalue weighted by atomic mass is 9.97. The van der Waals surface area contributed by atoms with Crippen molar-refractivity contribution in [1.82, 2.24) is 0 Å². The second-order valence-corrected chi connectivity index (χ2v) is 6.29. The SMILES string of the molecule is CSc1ccccc1NC(CC(C)C)c1ccccc1. The van der Waals surface area contributed by atoms with Gasteiger partial charge in [0, 0.05) is 10.6 Å². The van der Waals surface area contributed by atoms with E-state index in [1.165, 1.54) is 16.1 Å². The highest BCUT2D eigenvalue weighted by Crippen LogP contribution is 2.31. The Morgan fingerprint density at radius 1 is 0.950 bits per heavy atom. The van der Waals surface area contributed by atoms with Gasteiger partial charge in [0.2, 0.25) is 0 Å². The Bertz CT molecular complexity index is 522. The van der Waals surface area contributed by atoms with Gasteiger partial charge >= 0.3 is 0 Å². The molecule has 0 saturated heterocycles. The van der Waals surface area contributed by atoms with E-state index in [9.17, 15) is 0 Å². The van der Waals surface area contributed by atoms with Gasteiger partial charge in [0.05, 0.1) is 6.04 Å². The van der Waals surface area contributed by atoms with Crippen LogP contribution in [0.1, 0.15) is 31.9 Å². The minimum absolute atomic E-state index is 0.365. The highest BCUT2D eigenvalue weighted by Gasteiger charge is 2.14. The number of benzene rings is 2. The Morgan fingerprint density at radius 3 is 2.25 bits per heavy atom. The largest absolute Gasteiger partial charge is 0.377 e. The Hall–Kier alpha value is -1.41. The van der Waals surface area contributed by atoms with Crippen molar-refractivity contribution in [3.63, 3.8) is 0 Å². The average molecular weight is 285 g/mol. The van der Waals surface area contributed by atoms with E-state index in [1.54, 1.807) is 11.8 Å². The molecule has 0 radical (unpaired) electrons. The summed E-state index contributed by atoms with van der Waals surface area (Å²) in [5, 5.41) is 3.73. The molecule has 2 aromatic carbocycles. The molecule has 0 aliphatic carbocycles. The van der Waals surface area contributed by atoms with Crippen LogP contribution in [0.2, 0.25) is 0 Å². The van der Waals surface area contributed by atoms with Crippen molar-refractivity contribution in [2.75, 3.05) is 11.6 Å². The molecule has 0 amide bonds. The van der Waals surface area contributed by atoms with Gasteiger partial charge in [-0.25, -0.2) is 0 Å². The summed E-state index contributed by atoms with van der Waals surface area (Å²) in [6, 6.07) is 19.6. The lowest BCUT2D eigenvalue weighted by Gasteiger charge is -2.23. The van der Waals surface area contributed by atoms with Gasteiger partial charge in [-0.2, -0.15) is 0 Å². The molecule has 2 rings (SSSR count). The molecule has 1 nitrogen and oxygen atoms in total. The molecule has 2 aromatic rings. The maximum atomic E-state index is 3.73. The molecule has 0 aromatic heterocycles. The molecule has 1 N–H and O–H groups in total. The number of para-hydroxylation sites is 1. The fraction of sp³-hybridized carbons (Fsp3) is 0.333.